The van der Waals surface area contributed by atoms with Gasteiger partial charge in [-0.1, -0.05) is 9.24 Å². The summed E-state index contributed by atoms with van der Waals surface area (Å²) >= 11 is 0. The predicted molar refractivity (Wildman–Crippen MR) is 33.4 cm³/mol. The quantitative estimate of drug-likeness (QED) is 0.334. The summed E-state index contributed by atoms with van der Waals surface area (Å²) in [6.07, 6.45) is 0. The third-order valence-corrected chi connectivity index (χ3v) is 1.54. The van der Waals surface area contributed by atoms with Gasteiger partial charge >= 0.3 is 0 Å². The number of aromatic nitrogens is 1. The molecule has 1 nitrogen and oxygen atoms in total. The van der Waals surface area contributed by atoms with Crippen LogP contribution < -0.4 is 5.30 Å². The van der Waals surface area contributed by atoms with Crippen LogP contribution in [0.5, 0.6) is 0 Å². The third-order valence-electron chi connectivity index (χ3n) is 1.03. The van der Waals surface area contributed by atoms with Gasteiger partial charge < -0.3 is 0 Å². The van der Waals surface area contributed by atoms with Crippen molar-refractivity contribution in [2.45, 2.75) is 0 Å². The van der Waals surface area contributed by atoms with E-state index in [9.17, 15) is 17.6 Å². The summed E-state index contributed by atoms with van der Waals surface area (Å²) in [5, 5.41) is -0.782. The molecule has 0 aromatic carbocycles. The highest BCUT2D eigenvalue weighted by Crippen LogP contribution is 2.08. The molecule has 0 aliphatic heterocycles. The Labute approximate surface area is 61.6 Å². The molecule has 0 N–H and O–H groups in total. The molecule has 60 valence electrons. The molecule has 0 spiro atoms. The van der Waals surface area contributed by atoms with Gasteiger partial charge in [0.15, 0.2) is 11.6 Å². The second kappa shape index (κ2) is 2.74. The van der Waals surface area contributed by atoms with Gasteiger partial charge in [0, 0.05) is 0 Å². The maximum atomic E-state index is 12.3. The minimum atomic E-state index is -1.64. The van der Waals surface area contributed by atoms with Crippen LogP contribution >= 0.6 is 9.24 Å². The zero-order chi connectivity index (χ0) is 8.59. The van der Waals surface area contributed by atoms with Gasteiger partial charge in [0.05, 0.1) is 5.30 Å². The number of hydrogen-bond acceptors (Lipinski definition) is 1. The molecule has 6 heteroatoms. The molecule has 0 aliphatic carbocycles. The second-order valence-corrected chi connectivity index (χ2v) is 2.31. The molecule has 0 amide bonds. The second-order valence-electron chi connectivity index (χ2n) is 1.74. The number of nitrogens with zero attached hydrogens (tertiary/aromatic N) is 1. The van der Waals surface area contributed by atoms with Crippen LogP contribution in [0.4, 0.5) is 17.6 Å². The van der Waals surface area contributed by atoms with Gasteiger partial charge in [0.2, 0.25) is 0 Å². The van der Waals surface area contributed by atoms with Crippen LogP contribution in [0.2, 0.25) is 0 Å². The molecule has 1 unspecified atom stereocenters. The Kier molecular flexibility index (Phi) is 2.09. The van der Waals surface area contributed by atoms with E-state index >= 15 is 0 Å². The molecule has 1 heterocycles. The van der Waals surface area contributed by atoms with Crippen molar-refractivity contribution < 1.29 is 17.6 Å². The van der Waals surface area contributed by atoms with E-state index in [4.69, 9.17) is 0 Å². The van der Waals surface area contributed by atoms with Crippen LogP contribution in [0.15, 0.2) is 0 Å². The molecule has 0 bridgehead atoms. The van der Waals surface area contributed by atoms with Crippen molar-refractivity contribution >= 4 is 14.5 Å². The lowest BCUT2D eigenvalue weighted by Gasteiger charge is -1.98. The van der Waals surface area contributed by atoms with E-state index in [1.165, 1.54) is 0 Å². The van der Waals surface area contributed by atoms with Crippen molar-refractivity contribution in [1.82, 2.24) is 4.98 Å². The topological polar surface area (TPSA) is 12.9 Å². The Morgan fingerprint density at radius 2 is 1.27 bits per heavy atom. The fourth-order valence-electron chi connectivity index (χ4n) is 0.503. The van der Waals surface area contributed by atoms with E-state index in [-0.39, 0.29) is 0 Å². The fourth-order valence-corrected chi connectivity index (χ4v) is 0.741. The van der Waals surface area contributed by atoms with Crippen molar-refractivity contribution in [3.05, 3.63) is 23.5 Å². The molecule has 0 aliphatic rings. The minimum absolute atomic E-state index is 0.782. The van der Waals surface area contributed by atoms with Crippen LogP contribution in [0.25, 0.3) is 0 Å². The summed E-state index contributed by atoms with van der Waals surface area (Å²) in [5.41, 5.74) is 0. The Hall–Kier alpha value is -0.700. The summed E-state index contributed by atoms with van der Waals surface area (Å²) < 4.78 is 48.8. The molecule has 0 fully saturated rings. The first-order valence-corrected chi connectivity index (χ1v) is 3.07. The smallest absolute Gasteiger partial charge is 0.201 e. The number of hydrogen-bond donors (Lipinski definition) is 0. The van der Waals surface area contributed by atoms with Crippen molar-refractivity contribution in [2.75, 3.05) is 0 Å². The van der Waals surface area contributed by atoms with Gasteiger partial charge in [0.1, 0.15) is 0 Å². The van der Waals surface area contributed by atoms with Crippen LogP contribution in [0.3, 0.4) is 0 Å². The highest BCUT2D eigenvalue weighted by atomic mass is 31.0. The summed E-state index contributed by atoms with van der Waals surface area (Å²) in [4.78, 5) is 2.34. The van der Waals surface area contributed by atoms with Crippen LogP contribution in [0, 0.1) is 23.5 Å². The maximum absolute atomic E-state index is 12.3. The monoisotopic (exact) mass is 183 g/mol. The highest BCUT2D eigenvalue weighted by Gasteiger charge is 2.16. The lowest BCUT2D eigenvalue weighted by atomic mass is 10.4. The van der Waals surface area contributed by atoms with Crippen molar-refractivity contribution in [3.63, 3.8) is 0 Å². The Morgan fingerprint density at radius 3 is 1.64 bits per heavy atom. The van der Waals surface area contributed by atoms with Crippen molar-refractivity contribution in [1.29, 1.82) is 0 Å². The van der Waals surface area contributed by atoms with E-state index < -0.39 is 28.8 Å². The maximum Gasteiger partial charge on any atom is 0.252 e. The lowest BCUT2D eigenvalue weighted by Crippen LogP contribution is -2.13. The van der Waals surface area contributed by atoms with Gasteiger partial charge in [-0.2, -0.15) is 13.8 Å². The molecule has 1 aromatic heterocycles. The van der Waals surface area contributed by atoms with Gasteiger partial charge in [-0.05, 0) is 0 Å². The van der Waals surface area contributed by atoms with E-state index in [0.29, 0.717) is 0 Å². The molecule has 0 saturated carbocycles. The first-order valence-electron chi connectivity index (χ1n) is 2.49. The fraction of sp³-hybridized carbons (Fsp3) is 0. The van der Waals surface area contributed by atoms with Gasteiger partial charge in [0.25, 0.3) is 11.9 Å². The third kappa shape index (κ3) is 1.33. The van der Waals surface area contributed by atoms with Gasteiger partial charge in [-0.15, -0.1) is 0 Å². The first kappa shape index (κ1) is 8.40. The molecule has 0 saturated heterocycles. The molecule has 1 aromatic rings. The number of rotatable bonds is 0. The standard InChI is InChI=1S/C5H2F4NP/c6-1-3(11)2(7)5(9)10-4(1)8/h11H2. The first-order chi connectivity index (χ1) is 5.04. The number of halogens is 4. The van der Waals surface area contributed by atoms with Gasteiger partial charge in [-0.3, -0.25) is 0 Å². The van der Waals surface area contributed by atoms with Gasteiger partial charge in [-0.25, -0.2) is 8.78 Å². The lowest BCUT2D eigenvalue weighted by molar-refractivity contribution is 0.415. The van der Waals surface area contributed by atoms with Crippen LogP contribution in [-0.4, -0.2) is 4.98 Å². The highest BCUT2D eigenvalue weighted by molar-refractivity contribution is 7.27. The minimum Gasteiger partial charge on any atom is -0.201 e. The van der Waals surface area contributed by atoms with E-state index in [2.05, 4.69) is 4.98 Å². The van der Waals surface area contributed by atoms with Crippen molar-refractivity contribution in [3.8, 4) is 0 Å². The SMILES string of the molecule is Fc1nc(F)c(F)c(P)c1F. The predicted octanol–water partition coefficient (Wildman–Crippen LogP) is 1.14. The van der Waals surface area contributed by atoms with E-state index in [1.807, 2.05) is 0 Å². The molecule has 0 radical (unpaired) electrons. The molecule has 1 rings (SSSR count). The molecule has 1 atom stereocenters. The Bertz CT molecular complexity index is 275. The molecule has 11 heavy (non-hydrogen) atoms. The van der Waals surface area contributed by atoms with E-state index in [0.717, 1.165) is 0 Å². The normalized spacial score (nSPS) is 10.3. The van der Waals surface area contributed by atoms with Crippen LogP contribution in [-0.2, 0) is 0 Å². The Balaban J connectivity index is 3.46. The van der Waals surface area contributed by atoms with Crippen LogP contribution in [0.1, 0.15) is 0 Å². The molecular formula is C5H2F4NP. The Morgan fingerprint density at radius 1 is 0.909 bits per heavy atom. The summed E-state index contributed by atoms with van der Waals surface area (Å²) in [5.74, 6) is -6.27. The summed E-state index contributed by atoms with van der Waals surface area (Å²) in [6, 6.07) is 0. The zero-order valence-corrected chi connectivity index (χ0v) is 6.19. The summed E-state index contributed by atoms with van der Waals surface area (Å²) in [6.45, 7) is 0. The largest absolute Gasteiger partial charge is 0.252 e. The summed E-state index contributed by atoms with van der Waals surface area (Å²) in [7, 11) is 1.54. The van der Waals surface area contributed by atoms with E-state index in [1.54, 1.807) is 9.24 Å². The number of pyridine rings is 1. The van der Waals surface area contributed by atoms with Crippen molar-refractivity contribution in [2.24, 2.45) is 0 Å². The average molecular weight is 183 g/mol. The average Bonchev–Trinajstić information content (AvgIpc) is 1.97. The molecular weight excluding hydrogens is 181 g/mol. The zero-order valence-electron chi connectivity index (χ0n) is 5.04.